The van der Waals surface area contributed by atoms with Gasteiger partial charge in [0.2, 0.25) is 5.82 Å². The highest BCUT2D eigenvalue weighted by molar-refractivity contribution is 6.30. The van der Waals surface area contributed by atoms with Crippen molar-refractivity contribution in [2.24, 2.45) is 7.05 Å². The first-order valence-corrected chi connectivity index (χ1v) is 14.7. The van der Waals surface area contributed by atoms with E-state index in [1.807, 2.05) is 0 Å². The number of ether oxygens (including phenoxy) is 1. The highest BCUT2D eigenvalue weighted by Gasteiger charge is 2.25. The summed E-state index contributed by atoms with van der Waals surface area (Å²) >= 11 is 5.96. The molecule has 5 aromatic rings. The van der Waals surface area contributed by atoms with Crippen LogP contribution in [0.3, 0.4) is 0 Å². The highest BCUT2D eigenvalue weighted by Crippen LogP contribution is 2.27. The van der Waals surface area contributed by atoms with E-state index >= 15 is 4.39 Å². The molecule has 0 aliphatic carbocycles. The Kier molecular flexibility index (Phi) is 9.38. The van der Waals surface area contributed by atoms with Crippen LogP contribution in [-0.2, 0) is 23.0 Å². The second-order valence-electron chi connectivity index (χ2n) is 11.5. The van der Waals surface area contributed by atoms with Crippen molar-refractivity contribution in [2.45, 2.75) is 38.8 Å². The molecule has 0 radical (unpaired) electrons. The van der Waals surface area contributed by atoms with E-state index in [1.54, 1.807) is 80.9 Å². The monoisotopic (exact) mass is 660 g/mol. The molecule has 0 aliphatic rings. The van der Waals surface area contributed by atoms with Gasteiger partial charge in [-0.2, -0.15) is 4.98 Å². The molecule has 0 saturated heterocycles. The number of carbonyl (C=O) groups is 3. The number of rotatable bonds is 9. The van der Waals surface area contributed by atoms with Crippen molar-refractivity contribution >= 4 is 35.3 Å². The molecule has 242 valence electrons. The molecule has 0 spiro atoms. The van der Waals surface area contributed by atoms with Crippen molar-refractivity contribution in [3.63, 3.8) is 0 Å². The smallest absolute Gasteiger partial charge is 0.412 e. The Morgan fingerprint density at radius 2 is 1.72 bits per heavy atom. The molecule has 0 saturated carbocycles. The number of imidazole rings is 1. The third kappa shape index (κ3) is 8.00. The van der Waals surface area contributed by atoms with Crippen molar-refractivity contribution in [3.8, 4) is 34.2 Å². The summed E-state index contributed by atoms with van der Waals surface area (Å²) in [5.74, 6) is -2.06. The number of hydrogen-bond donors (Lipinski definition) is 3. The predicted octanol–water partition coefficient (Wildman–Crippen LogP) is 6.37. The molecule has 3 aromatic carbocycles. The van der Waals surface area contributed by atoms with Crippen LogP contribution in [0.1, 0.15) is 36.8 Å². The number of aliphatic carboxylic acids is 1. The third-order valence-electron chi connectivity index (χ3n) is 6.84. The number of anilines is 1. The van der Waals surface area contributed by atoms with Crippen molar-refractivity contribution in [2.75, 3.05) is 5.32 Å². The highest BCUT2D eigenvalue weighted by atomic mass is 35.5. The fourth-order valence-corrected chi connectivity index (χ4v) is 4.72. The molecule has 0 aliphatic heterocycles. The lowest BCUT2D eigenvalue weighted by Gasteiger charge is -2.19. The summed E-state index contributed by atoms with van der Waals surface area (Å²) in [6, 6.07) is 16.2. The van der Waals surface area contributed by atoms with Gasteiger partial charge in [0.1, 0.15) is 29.0 Å². The largest absolute Gasteiger partial charge is 0.480 e. The summed E-state index contributed by atoms with van der Waals surface area (Å²) in [6.07, 6.45) is 0.557. The van der Waals surface area contributed by atoms with Crippen LogP contribution in [0, 0.1) is 5.82 Å². The van der Waals surface area contributed by atoms with Crippen LogP contribution in [0.2, 0.25) is 5.02 Å². The van der Waals surface area contributed by atoms with Crippen molar-refractivity contribution < 1.29 is 33.1 Å². The quantitative estimate of drug-likeness (QED) is 0.163. The average Bonchev–Trinajstić information content (AvgIpc) is 3.64. The number of nitrogens with one attached hydrogen (secondary N) is 2. The molecule has 12 nitrogen and oxygen atoms in total. The molecule has 0 bridgehead atoms. The molecule has 2 aromatic heterocycles. The zero-order chi connectivity index (χ0) is 33.9. The second-order valence-corrected chi connectivity index (χ2v) is 12.0. The molecule has 2 amide bonds. The van der Waals surface area contributed by atoms with Crippen LogP contribution in [0.15, 0.2) is 77.4 Å². The Bertz CT molecular complexity index is 1930. The molecule has 0 fully saturated rings. The maximum absolute atomic E-state index is 15.2. The fraction of sp³-hybridized carbons (Fsp3) is 0.212. The van der Waals surface area contributed by atoms with Crippen molar-refractivity contribution in [1.29, 1.82) is 0 Å². The van der Waals surface area contributed by atoms with Gasteiger partial charge in [0.25, 0.3) is 11.8 Å². The molecule has 5 rings (SSSR count). The van der Waals surface area contributed by atoms with Crippen LogP contribution in [0.25, 0.3) is 34.2 Å². The van der Waals surface area contributed by atoms with E-state index in [2.05, 4.69) is 25.8 Å². The number of carboxylic acids is 1. The van der Waals surface area contributed by atoms with Gasteiger partial charge in [-0.25, -0.2) is 19.0 Å². The van der Waals surface area contributed by atoms with Gasteiger partial charge in [-0.15, -0.1) is 0 Å². The molecular formula is C33H30ClFN6O6. The van der Waals surface area contributed by atoms with Crippen LogP contribution >= 0.6 is 11.6 Å². The van der Waals surface area contributed by atoms with Gasteiger partial charge in [0.05, 0.1) is 11.8 Å². The van der Waals surface area contributed by atoms with E-state index in [9.17, 15) is 19.5 Å². The first-order chi connectivity index (χ1) is 22.3. The van der Waals surface area contributed by atoms with E-state index in [-0.39, 0.29) is 29.4 Å². The zero-order valence-electron chi connectivity index (χ0n) is 25.7. The van der Waals surface area contributed by atoms with E-state index in [0.717, 1.165) is 11.6 Å². The maximum atomic E-state index is 15.2. The van der Waals surface area contributed by atoms with Crippen molar-refractivity contribution in [1.82, 2.24) is 25.0 Å². The molecule has 1 unspecified atom stereocenters. The SMILES string of the molecule is Cn1c(C(=O)NC(Cc2ccc(-c3noc(-c4ccc(NC(=O)OC(C)(C)C)cc4)n3)c(F)c2)C(=O)O)cnc1-c1ccc(Cl)cc1. The lowest BCUT2D eigenvalue weighted by Crippen LogP contribution is -2.42. The summed E-state index contributed by atoms with van der Waals surface area (Å²) < 4.78 is 27.3. The minimum Gasteiger partial charge on any atom is -0.480 e. The second kappa shape index (κ2) is 13.4. The minimum absolute atomic E-state index is 0.0178. The van der Waals surface area contributed by atoms with Gasteiger partial charge in [-0.3, -0.25) is 10.1 Å². The van der Waals surface area contributed by atoms with Crippen LogP contribution < -0.4 is 10.6 Å². The predicted molar refractivity (Wildman–Crippen MR) is 171 cm³/mol. The summed E-state index contributed by atoms with van der Waals surface area (Å²) in [4.78, 5) is 45.7. The molecular weight excluding hydrogens is 631 g/mol. The molecule has 3 N–H and O–H groups in total. The molecule has 1 atom stereocenters. The zero-order valence-corrected chi connectivity index (χ0v) is 26.5. The Balaban J connectivity index is 1.25. The van der Waals surface area contributed by atoms with Crippen molar-refractivity contribution in [3.05, 3.63) is 95.0 Å². The lowest BCUT2D eigenvalue weighted by atomic mass is 10.0. The van der Waals surface area contributed by atoms with Gasteiger partial charge >= 0.3 is 12.1 Å². The van der Waals surface area contributed by atoms with Crippen LogP contribution in [0.5, 0.6) is 0 Å². The molecule has 2 heterocycles. The number of carboxylic acid groups (broad SMARTS) is 1. The summed E-state index contributed by atoms with van der Waals surface area (Å²) in [6.45, 7) is 5.28. The Labute approximate surface area is 273 Å². The number of carbonyl (C=O) groups excluding carboxylic acids is 2. The summed E-state index contributed by atoms with van der Waals surface area (Å²) in [7, 11) is 1.64. The number of aromatic nitrogens is 4. The topological polar surface area (TPSA) is 161 Å². The maximum Gasteiger partial charge on any atom is 0.412 e. The number of benzene rings is 3. The average molecular weight is 661 g/mol. The lowest BCUT2D eigenvalue weighted by molar-refractivity contribution is -0.139. The summed E-state index contributed by atoms with van der Waals surface area (Å²) in [5, 5.41) is 19.4. The normalized spacial score (nSPS) is 12.0. The number of halogens is 2. The first kappa shape index (κ1) is 32.8. The summed E-state index contributed by atoms with van der Waals surface area (Å²) in [5.41, 5.74) is 1.60. The number of nitrogens with zero attached hydrogens (tertiary/aromatic N) is 4. The van der Waals surface area contributed by atoms with Gasteiger partial charge in [-0.05, 0) is 87.0 Å². The Morgan fingerprint density at radius 3 is 2.36 bits per heavy atom. The van der Waals surface area contributed by atoms with E-state index < -0.39 is 35.4 Å². The van der Waals surface area contributed by atoms with E-state index in [4.69, 9.17) is 20.9 Å². The third-order valence-corrected chi connectivity index (χ3v) is 7.10. The number of hydrogen-bond acceptors (Lipinski definition) is 8. The van der Waals surface area contributed by atoms with Crippen LogP contribution in [-0.4, -0.2) is 54.4 Å². The van der Waals surface area contributed by atoms with Gasteiger partial charge in [-0.1, -0.05) is 22.8 Å². The van der Waals surface area contributed by atoms with E-state index in [1.165, 1.54) is 18.3 Å². The first-order valence-electron chi connectivity index (χ1n) is 14.3. The van der Waals surface area contributed by atoms with Gasteiger partial charge in [0, 0.05) is 35.3 Å². The molecule has 47 heavy (non-hydrogen) atoms. The standard InChI is InChI=1S/C33H30ClFN6O6/c1-33(2,3)46-32(45)37-22-12-8-20(9-13-22)30-39-27(40-47-30)23-14-5-18(15-24(23)35)16-25(31(43)44)38-29(42)26-17-36-28(41(26)4)19-6-10-21(34)11-7-19/h5-15,17,25H,16H2,1-4H3,(H,37,45)(H,38,42)(H,43,44). The fourth-order valence-electron chi connectivity index (χ4n) is 4.59. The van der Waals surface area contributed by atoms with E-state index in [0.29, 0.717) is 27.7 Å². The van der Waals surface area contributed by atoms with Gasteiger partial charge in [0.15, 0.2) is 0 Å². The Hall–Kier alpha value is -5.56. The van der Waals surface area contributed by atoms with Gasteiger partial charge < -0.3 is 24.3 Å². The number of amides is 2. The molecule has 14 heteroatoms. The minimum atomic E-state index is -1.36. The van der Waals surface area contributed by atoms with Crippen LogP contribution in [0.4, 0.5) is 14.9 Å². The Morgan fingerprint density at radius 1 is 1.04 bits per heavy atom.